The second-order valence-corrected chi connectivity index (χ2v) is 3.86. The maximum atomic E-state index is 11.2. The van der Waals surface area contributed by atoms with E-state index in [1.54, 1.807) is 12.1 Å². The molecule has 0 saturated carbocycles. The van der Waals surface area contributed by atoms with Gasteiger partial charge in [0.1, 0.15) is 0 Å². The average molecular weight is 226 g/mol. The Morgan fingerprint density at radius 1 is 1.00 bits per heavy atom. The normalized spacial score (nSPS) is 10.2. The molecule has 0 bridgehead atoms. The first-order valence-corrected chi connectivity index (χ1v) is 5.64. The quantitative estimate of drug-likeness (QED) is 0.868. The van der Waals surface area contributed by atoms with E-state index in [2.05, 4.69) is 6.92 Å². The van der Waals surface area contributed by atoms with E-state index in [0.29, 0.717) is 5.56 Å². The second-order valence-electron chi connectivity index (χ2n) is 3.86. The number of benzene rings is 2. The van der Waals surface area contributed by atoms with Gasteiger partial charge >= 0.3 is 5.97 Å². The van der Waals surface area contributed by atoms with Gasteiger partial charge in [0.2, 0.25) is 0 Å². The lowest BCUT2D eigenvalue weighted by Gasteiger charge is -2.10. The van der Waals surface area contributed by atoms with Crippen LogP contribution in [-0.2, 0) is 6.42 Å². The Balaban J connectivity index is 2.64. The zero-order chi connectivity index (χ0) is 12.3. The zero-order valence-corrected chi connectivity index (χ0v) is 9.68. The summed E-state index contributed by atoms with van der Waals surface area (Å²) in [6.07, 6.45) is 0.893. The van der Waals surface area contributed by atoms with Crippen LogP contribution in [0.3, 0.4) is 0 Å². The first-order chi connectivity index (χ1) is 8.24. The topological polar surface area (TPSA) is 37.3 Å². The Bertz CT molecular complexity index is 544. The summed E-state index contributed by atoms with van der Waals surface area (Å²) in [6, 6.07) is 15.0. The molecular weight excluding hydrogens is 212 g/mol. The number of hydrogen-bond donors (Lipinski definition) is 1. The van der Waals surface area contributed by atoms with Crippen molar-refractivity contribution in [1.29, 1.82) is 0 Å². The summed E-state index contributed by atoms with van der Waals surface area (Å²) in [6.45, 7) is 2.07. The summed E-state index contributed by atoms with van der Waals surface area (Å²) in [5.74, 6) is -0.883. The van der Waals surface area contributed by atoms with Crippen molar-refractivity contribution in [3.05, 3.63) is 59.7 Å². The molecule has 17 heavy (non-hydrogen) atoms. The highest BCUT2D eigenvalue weighted by molar-refractivity contribution is 5.96. The average Bonchev–Trinajstić information content (AvgIpc) is 2.38. The minimum absolute atomic E-state index is 0.355. The van der Waals surface area contributed by atoms with Crippen molar-refractivity contribution in [2.45, 2.75) is 13.3 Å². The highest BCUT2D eigenvalue weighted by atomic mass is 16.4. The van der Waals surface area contributed by atoms with E-state index in [0.717, 1.165) is 17.5 Å². The summed E-state index contributed by atoms with van der Waals surface area (Å²) in [5.41, 5.74) is 3.32. The summed E-state index contributed by atoms with van der Waals surface area (Å²) >= 11 is 0. The Morgan fingerprint density at radius 3 is 2.24 bits per heavy atom. The van der Waals surface area contributed by atoms with Gasteiger partial charge in [-0.05, 0) is 29.2 Å². The van der Waals surface area contributed by atoms with Gasteiger partial charge in [-0.15, -0.1) is 0 Å². The van der Waals surface area contributed by atoms with Gasteiger partial charge in [0.15, 0.2) is 0 Å². The van der Waals surface area contributed by atoms with Crippen LogP contribution in [0.15, 0.2) is 48.5 Å². The predicted octanol–water partition coefficient (Wildman–Crippen LogP) is 3.61. The van der Waals surface area contributed by atoms with Crippen molar-refractivity contribution >= 4 is 5.97 Å². The molecule has 86 valence electrons. The monoisotopic (exact) mass is 226 g/mol. The number of aryl methyl sites for hydroxylation is 1. The largest absolute Gasteiger partial charge is 0.478 e. The minimum Gasteiger partial charge on any atom is -0.478 e. The standard InChI is InChI=1S/C15H14O2/c1-2-11-7-3-4-8-12(11)13-9-5-6-10-14(13)15(16)17/h3-10H,2H2,1H3,(H,16,17). The molecule has 0 spiro atoms. The van der Waals surface area contributed by atoms with E-state index >= 15 is 0 Å². The van der Waals surface area contributed by atoms with Gasteiger partial charge in [-0.1, -0.05) is 49.4 Å². The van der Waals surface area contributed by atoms with Crippen molar-refractivity contribution in [2.75, 3.05) is 0 Å². The number of hydrogen-bond acceptors (Lipinski definition) is 1. The van der Waals surface area contributed by atoms with E-state index in [9.17, 15) is 9.90 Å². The SMILES string of the molecule is CCc1ccccc1-c1ccccc1C(=O)O. The molecule has 0 unspecified atom stereocenters. The third-order valence-electron chi connectivity index (χ3n) is 2.85. The molecule has 2 aromatic carbocycles. The number of carboxylic acids is 1. The molecule has 2 aromatic rings. The summed E-state index contributed by atoms with van der Waals surface area (Å²) in [7, 11) is 0. The van der Waals surface area contributed by atoms with Crippen LogP contribution < -0.4 is 0 Å². The maximum absolute atomic E-state index is 11.2. The number of aromatic carboxylic acids is 1. The van der Waals surface area contributed by atoms with Crippen molar-refractivity contribution in [3.8, 4) is 11.1 Å². The molecule has 0 aliphatic carbocycles. The molecule has 0 radical (unpaired) electrons. The van der Waals surface area contributed by atoms with E-state index in [1.807, 2.05) is 36.4 Å². The molecule has 2 rings (SSSR count). The van der Waals surface area contributed by atoms with Gasteiger partial charge in [0, 0.05) is 0 Å². The number of carbonyl (C=O) groups is 1. The predicted molar refractivity (Wildman–Crippen MR) is 68.2 cm³/mol. The molecule has 2 heteroatoms. The van der Waals surface area contributed by atoms with Crippen LogP contribution in [0.1, 0.15) is 22.8 Å². The highest BCUT2D eigenvalue weighted by Crippen LogP contribution is 2.27. The molecule has 0 aromatic heterocycles. The third-order valence-corrected chi connectivity index (χ3v) is 2.85. The molecule has 0 fully saturated rings. The molecular formula is C15H14O2. The van der Waals surface area contributed by atoms with Crippen LogP contribution in [0, 0.1) is 0 Å². The molecule has 0 heterocycles. The van der Waals surface area contributed by atoms with Gasteiger partial charge < -0.3 is 5.11 Å². The molecule has 1 N–H and O–H groups in total. The first kappa shape index (κ1) is 11.4. The van der Waals surface area contributed by atoms with E-state index in [-0.39, 0.29) is 0 Å². The van der Waals surface area contributed by atoms with Gasteiger partial charge in [0.05, 0.1) is 5.56 Å². The lowest BCUT2D eigenvalue weighted by Crippen LogP contribution is -2.00. The summed E-state index contributed by atoms with van der Waals surface area (Å²) in [4.78, 5) is 11.2. The fraction of sp³-hybridized carbons (Fsp3) is 0.133. The van der Waals surface area contributed by atoms with Crippen LogP contribution in [0.25, 0.3) is 11.1 Å². The number of carboxylic acid groups (broad SMARTS) is 1. The second kappa shape index (κ2) is 4.83. The minimum atomic E-state index is -0.883. The van der Waals surface area contributed by atoms with Crippen molar-refractivity contribution in [1.82, 2.24) is 0 Å². The molecule has 0 amide bonds. The maximum Gasteiger partial charge on any atom is 0.336 e. The van der Waals surface area contributed by atoms with Gasteiger partial charge in [-0.2, -0.15) is 0 Å². The van der Waals surface area contributed by atoms with Crippen molar-refractivity contribution in [2.24, 2.45) is 0 Å². The molecule has 0 aliphatic rings. The van der Waals surface area contributed by atoms with Crippen LogP contribution in [-0.4, -0.2) is 11.1 Å². The van der Waals surface area contributed by atoms with Gasteiger partial charge in [-0.3, -0.25) is 0 Å². The van der Waals surface area contributed by atoms with Crippen molar-refractivity contribution < 1.29 is 9.90 Å². The van der Waals surface area contributed by atoms with E-state index in [4.69, 9.17) is 0 Å². The molecule has 0 atom stereocenters. The summed E-state index contributed by atoms with van der Waals surface area (Å²) in [5, 5.41) is 9.19. The van der Waals surface area contributed by atoms with Crippen LogP contribution in [0.4, 0.5) is 0 Å². The Morgan fingerprint density at radius 2 is 1.59 bits per heavy atom. The Kier molecular flexibility index (Phi) is 3.24. The Labute approximate surface area is 101 Å². The third kappa shape index (κ3) is 2.21. The first-order valence-electron chi connectivity index (χ1n) is 5.64. The van der Waals surface area contributed by atoms with E-state index < -0.39 is 5.97 Å². The molecule has 0 saturated heterocycles. The summed E-state index contributed by atoms with van der Waals surface area (Å²) < 4.78 is 0. The lowest BCUT2D eigenvalue weighted by atomic mass is 9.94. The lowest BCUT2D eigenvalue weighted by molar-refractivity contribution is 0.0697. The van der Waals surface area contributed by atoms with E-state index in [1.165, 1.54) is 5.56 Å². The number of rotatable bonds is 3. The fourth-order valence-corrected chi connectivity index (χ4v) is 2.00. The van der Waals surface area contributed by atoms with Crippen LogP contribution in [0.2, 0.25) is 0 Å². The fourth-order valence-electron chi connectivity index (χ4n) is 2.00. The van der Waals surface area contributed by atoms with Gasteiger partial charge in [-0.25, -0.2) is 4.79 Å². The Hall–Kier alpha value is -2.09. The van der Waals surface area contributed by atoms with Crippen LogP contribution in [0.5, 0.6) is 0 Å². The smallest absolute Gasteiger partial charge is 0.336 e. The molecule has 0 aliphatic heterocycles. The highest BCUT2D eigenvalue weighted by Gasteiger charge is 2.12. The molecule has 2 nitrogen and oxygen atoms in total. The van der Waals surface area contributed by atoms with Crippen molar-refractivity contribution in [3.63, 3.8) is 0 Å². The van der Waals surface area contributed by atoms with Crippen LogP contribution >= 0.6 is 0 Å². The van der Waals surface area contributed by atoms with Gasteiger partial charge in [0.25, 0.3) is 0 Å². The zero-order valence-electron chi connectivity index (χ0n) is 9.68.